The molecule has 0 saturated heterocycles. The van der Waals surface area contributed by atoms with Crippen LogP contribution in [0.2, 0.25) is 0 Å². The highest BCUT2D eigenvalue weighted by molar-refractivity contribution is 7.00. The molecule has 7 nitrogen and oxygen atoms in total. The van der Waals surface area contributed by atoms with Crippen molar-refractivity contribution in [1.82, 2.24) is 24.2 Å². The van der Waals surface area contributed by atoms with Crippen LogP contribution in [-0.4, -0.2) is 50.3 Å². The second-order valence-electron chi connectivity index (χ2n) is 12.6. The molecule has 2 aromatic heterocycles. The van der Waals surface area contributed by atoms with Crippen molar-refractivity contribution in [3.63, 3.8) is 0 Å². The summed E-state index contributed by atoms with van der Waals surface area (Å²) in [6, 6.07) is 18.0. The zero-order chi connectivity index (χ0) is 32.1. The molecule has 46 heavy (non-hydrogen) atoms. The predicted octanol–water partition coefficient (Wildman–Crippen LogP) is 10.7. The number of nitrogens with zero attached hydrogens (tertiary/aromatic N) is 6. The van der Waals surface area contributed by atoms with Crippen molar-refractivity contribution in [3.05, 3.63) is 48.5 Å². The molecule has 1 N–H and O–H groups in total. The lowest BCUT2D eigenvalue weighted by molar-refractivity contribution is 0.636. The number of benzene rings is 3. The third kappa shape index (κ3) is 8.06. The minimum atomic E-state index is 0.808. The van der Waals surface area contributed by atoms with Gasteiger partial charge in [-0.1, -0.05) is 103 Å². The maximum atomic E-state index is 4.87. The van der Waals surface area contributed by atoms with Crippen molar-refractivity contribution in [3.8, 4) is 22.3 Å². The largest absolute Gasteiger partial charge is 0.372 e. The molecule has 5 rings (SSSR count). The van der Waals surface area contributed by atoms with E-state index >= 15 is 0 Å². The molecule has 8 heteroatoms. The van der Waals surface area contributed by atoms with E-state index in [0.717, 1.165) is 70.5 Å². The van der Waals surface area contributed by atoms with E-state index in [9.17, 15) is 0 Å². The third-order valence-corrected chi connectivity index (χ3v) is 9.73. The van der Waals surface area contributed by atoms with Crippen LogP contribution in [0, 0.1) is 0 Å². The van der Waals surface area contributed by atoms with Gasteiger partial charge in [-0.25, -0.2) is 0 Å². The standard InChI is InChI=1S/C38H53N7S/c1-5-9-13-25-44(26-14-10-6-2)31-21-17-29(18-22-31)33-35-36(40-43-39-35)34(38-37(33)41-46-42-38)30-19-23-32(24-20-30)45(27-15-11-7-3)28-16-12-8-4/h17-24,41H,5-16,25-28H2,1-4H3. The van der Waals surface area contributed by atoms with Crippen molar-refractivity contribution in [2.45, 2.75) is 105 Å². The molecule has 0 radical (unpaired) electrons. The van der Waals surface area contributed by atoms with Gasteiger partial charge in [0.15, 0.2) is 0 Å². The molecule has 0 saturated carbocycles. The quantitative estimate of drug-likeness (QED) is 0.0854. The van der Waals surface area contributed by atoms with Gasteiger partial charge < -0.3 is 9.80 Å². The first-order valence-corrected chi connectivity index (χ1v) is 18.7. The summed E-state index contributed by atoms with van der Waals surface area (Å²) in [6.45, 7) is 13.5. The Labute approximate surface area is 280 Å². The number of aromatic nitrogens is 5. The molecular weight excluding hydrogens is 587 g/mol. The first-order valence-electron chi connectivity index (χ1n) is 17.9. The van der Waals surface area contributed by atoms with E-state index in [4.69, 9.17) is 4.37 Å². The Morgan fingerprint density at radius 3 is 1.37 bits per heavy atom. The molecule has 0 unspecified atom stereocenters. The minimum Gasteiger partial charge on any atom is -0.372 e. The van der Waals surface area contributed by atoms with Gasteiger partial charge >= 0.3 is 0 Å². The summed E-state index contributed by atoms with van der Waals surface area (Å²) in [5.74, 6) is 0. The van der Waals surface area contributed by atoms with Crippen molar-refractivity contribution >= 4 is 45.2 Å². The Morgan fingerprint density at radius 2 is 0.935 bits per heavy atom. The fraction of sp³-hybridized carbons (Fsp3) is 0.526. The van der Waals surface area contributed by atoms with Crippen LogP contribution in [0.3, 0.4) is 0 Å². The fourth-order valence-corrected chi connectivity index (χ4v) is 7.11. The van der Waals surface area contributed by atoms with Crippen LogP contribution in [0.4, 0.5) is 11.4 Å². The molecule has 0 aliphatic rings. The second-order valence-corrected chi connectivity index (χ2v) is 13.2. The number of rotatable bonds is 20. The highest BCUT2D eigenvalue weighted by atomic mass is 32.1. The van der Waals surface area contributed by atoms with Gasteiger partial charge in [-0.05, 0) is 66.3 Å². The van der Waals surface area contributed by atoms with Gasteiger partial charge in [0.25, 0.3) is 0 Å². The number of anilines is 2. The number of fused-ring (bicyclic) bond motifs is 2. The van der Waals surface area contributed by atoms with Crippen LogP contribution < -0.4 is 9.80 Å². The summed E-state index contributed by atoms with van der Waals surface area (Å²) in [7, 11) is 0. The zero-order valence-corrected chi connectivity index (χ0v) is 29.3. The number of hydrogen-bond donors (Lipinski definition) is 1. The maximum Gasteiger partial charge on any atom is 0.126 e. The van der Waals surface area contributed by atoms with E-state index in [2.05, 4.69) is 106 Å². The normalized spacial score (nSPS) is 11.6. The molecule has 3 aromatic carbocycles. The Bertz CT molecular complexity index is 1420. The van der Waals surface area contributed by atoms with E-state index < -0.39 is 0 Å². The Hall–Kier alpha value is -3.52. The van der Waals surface area contributed by atoms with Gasteiger partial charge in [0, 0.05) is 60.4 Å². The highest BCUT2D eigenvalue weighted by Crippen LogP contribution is 2.41. The number of hydrogen-bond acceptors (Lipinski definition) is 7. The summed E-state index contributed by atoms with van der Waals surface area (Å²) in [5.41, 5.74) is 10.4. The number of unbranched alkanes of at least 4 members (excludes halogenated alkanes) is 8. The van der Waals surface area contributed by atoms with E-state index in [1.165, 1.54) is 100 Å². The first-order chi connectivity index (χ1) is 22.7. The molecule has 5 aromatic rings. The number of H-pyrrole nitrogens is 1. The minimum absolute atomic E-state index is 0.808. The lowest BCUT2D eigenvalue weighted by atomic mass is 9.95. The zero-order valence-electron chi connectivity index (χ0n) is 28.5. The average Bonchev–Trinajstić information content (AvgIpc) is 3.77. The highest BCUT2D eigenvalue weighted by Gasteiger charge is 2.23. The number of aromatic amines is 1. The topological polar surface area (TPSA) is 73.8 Å². The monoisotopic (exact) mass is 639 g/mol. The summed E-state index contributed by atoms with van der Waals surface area (Å²) < 4.78 is 8.36. The first kappa shape index (κ1) is 33.8. The third-order valence-electron chi connectivity index (χ3n) is 9.16. The summed E-state index contributed by atoms with van der Waals surface area (Å²) in [5, 5.41) is 13.3. The van der Waals surface area contributed by atoms with Crippen LogP contribution >= 0.6 is 11.7 Å². The van der Waals surface area contributed by atoms with Gasteiger partial charge in [0.05, 0.1) is 5.52 Å². The van der Waals surface area contributed by atoms with Crippen molar-refractivity contribution < 1.29 is 0 Å². The van der Waals surface area contributed by atoms with Crippen molar-refractivity contribution in [2.24, 2.45) is 0 Å². The molecule has 246 valence electrons. The molecule has 0 spiro atoms. The molecule has 0 aliphatic carbocycles. The molecule has 2 heterocycles. The second kappa shape index (κ2) is 17.4. The molecule has 0 bridgehead atoms. The van der Waals surface area contributed by atoms with Gasteiger partial charge in [-0.2, -0.15) is 4.37 Å². The summed E-state index contributed by atoms with van der Waals surface area (Å²) >= 11 is 1.38. The van der Waals surface area contributed by atoms with Crippen LogP contribution in [0.25, 0.3) is 44.3 Å². The van der Waals surface area contributed by atoms with E-state index in [1.54, 1.807) is 0 Å². The SMILES string of the molecule is CCCCCN(CCCCC)c1ccc(-c2c3nnnc3c(-c3ccc(N(CCCCC)CCCCC)cc3)c3[nH]snc23)cc1. The molecule has 0 amide bonds. The smallest absolute Gasteiger partial charge is 0.126 e. The van der Waals surface area contributed by atoms with Crippen LogP contribution in [-0.2, 0) is 0 Å². The van der Waals surface area contributed by atoms with Crippen LogP contribution in [0.15, 0.2) is 48.5 Å². The van der Waals surface area contributed by atoms with Crippen molar-refractivity contribution in [1.29, 1.82) is 0 Å². The lowest BCUT2D eigenvalue weighted by Gasteiger charge is -2.25. The number of nitrogens with one attached hydrogen (secondary N) is 1. The van der Waals surface area contributed by atoms with Gasteiger partial charge in [0.2, 0.25) is 0 Å². The van der Waals surface area contributed by atoms with E-state index in [1.807, 2.05) is 0 Å². The Morgan fingerprint density at radius 1 is 0.522 bits per heavy atom. The predicted molar refractivity (Wildman–Crippen MR) is 198 cm³/mol. The summed E-state index contributed by atoms with van der Waals surface area (Å²) in [4.78, 5) is 5.12. The van der Waals surface area contributed by atoms with Crippen molar-refractivity contribution in [2.75, 3.05) is 36.0 Å². The van der Waals surface area contributed by atoms with E-state index in [0.29, 0.717) is 0 Å². The van der Waals surface area contributed by atoms with Crippen LogP contribution in [0.1, 0.15) is 105 Å². The maximum absolute atomic E-state index is 4.87. The molecule has 0 atom stereocenters. The molecule has 0 fully saturated rings. The lowest BCUT2D eigenvalue weighted by Crippen LogP contribution is -2.25. The fourth-order valence-electron chi connectivity index (χ4n) is 6.51. The van der Waals surface area contributed by atoms with E-state index in [-0.39, 0.29) is 0 Å². The molecular formula is C38H53N7S. The van der Waals surface area contributed by atoms with Crippen LogP contribution in [0.5, 0.6) is 0 Å². The molecule has 0 aliphatic heterocycles. The Kier molecular flexibility index (Phi) is 12.8. The van der Waals surface area contributed by atoms with Gasteiger partial charge in [-0.3, -0.25) is 4.37 Å². The van der Waals surface area contributed by atoms with Gasteiger partial charge in [0.1, 0.15) is 16.6 Å². The average molecular weight is 640 g/mol. The Balaban J connectivity index is 1.46. The summed E-state index contributed by atoms with van der Waals surface area (Å²) in [6.07, 6.45) is 15.0. The van der Waals surface area contributed by atoms with Gasteiger partial charge in [-0.15, -0.1) is 10.2 Å².